The van der Waals surface area contributed by atoms with Crippen molar-refractivity contribution < 1.29 is 4.92 Å². The predicted octanol–water partition coefficient (Wildman–Crippen LogP) is 1.71. The Labute approximate surface area is 96.5 Å². The van der Waals surface area contributed by atoms with E-state index in [1.807, 2.05) is 0 Å². The van der Waals surface area contributed by atoms with Crippen molar-refractivity contribution in [1.82, 2.24) is 9.97 Å². The predicted molar refractivity (Wildman–Crippen MR) is 62.8 cm³/mol. The van der Waals surface area contributed by atoms with Gasteiger partial charge in [-0.05, 0) is 12.1 Å². The first-order valence-corrected chi connectivity index (χ1v) is 4.75. The summed E-state index contributed by atoms with van der Waals surface area (Å²) in [5, 5.41) is 13.4. The summed E-state index contributed by atoms with van der Waals surface area (Å²) in [5.41, 5.74) is 6.02. The van der Waals surface area contributed by atoms with Crippen LogP contribution in [0.15, 0.2) is 36.5 Å². The molecular formula is C10H9N5O2. The molecule has 0 saturated carbocycles. The fourth-order valence-electron chi connectivity index (χ4n) is 1.26. The molecule has 2 rings (SSSR count). The second kappa shape index (κ2) is 4.44. The zero-order valence-electron chi connectivity index (χ0n) is 8.70. The van der Waals surface area contributed by atoms with Gasteiger partial charge in [-0.3, -0.25) is 10.1 Å². The molecule has 0 saturated heterocycles. The minimum atomic E-state index is -0.467. The second-order valence-electron chi connectivity index (χ2n) is 3.24. The molecule has 0 atom stereocenters. The molecule has 0 fully saturated rings. The maximum atomic E-state index is 10.6. The monoisotopic (exact) mass is 231 g/mol. The molecule has 7 heteroatoms. The maximum Gasteiger partial charge on any atom is 0.271 e. The molecule has 2 aromatic rings. The van der Waals surface area contributed by atoms with Crippen LogP contribution in [0.5, 0.6) is 0 Å². The average molecular weight is 231 g/mol. The number of benzene rings is 1. The smallest absolute Gasteiger partial charge is 0.271 e. The first-order valence-electron chi connectivity index (χ1n) is 4.75. The molecule has 0 aliphatic rings. The van der Waals surface area contributed by atoms with Crippen LogP contribution >= 0.6 is 0 Å². The summed E-state index contributed by atoms with van der Waals surface area (Å²) in [6.45, 7) is 0. The van der Waals surface area contributed by atoms with E-state index in [-0.39, 0.29) is 5.69 Å². The average Bonchev–Trinajstić information content (AvgIpc) is 2.29. The first kappa shape index (κ1) is 10.8. The quantitative estimate of drug-likeness (QED) is 0.615. The lowest BCUT2D eigenvalue weighted by atomic mass is 10.3. The number of nitrogens with two attached hydrogens (primary N) is 1. The highest BCUT2D eigenvalue weighted by atomic mass is 16.6. The number of nitro benzene ring substituents is 1. The number of non-ortho nitro benzene ring substituents is 1. The van der Waals surface area contributed by atoms with Crippen molar-refractivity contribution in [3.05, 3.63) is 46.6 Å². The van der Waals surface area contributed by atoms with Crippen molar-refractivity contribution in [2.75, 3.05) is 11.1 Å². The Kier molecular flexibility index (Phi) is 2.82. The number of rotatable bonds is 3. The van der Waals surface area contributed by atoms with Crippen LogP contribution in [0.2, 0.25) is 0 Å². The van der Waals surface area contributed by atoms with Crippen molar-refractivity contribution >= 4 is 23.1 Å². The fraction of sp³-hybridized carbons (Fsp3) is 0. The SMILES string of the molecule is Nc1ccnc(Nc2cccc([N+](=O)[O-])c2)n1. The Balaban J connectivity index is 2.24. The summed E-state index contributed by atoms with van der Waals surface area (Å²) in [5.74, 6) is 0.624. The number of nitrogen functional groups attached to an aromatic ring is 1. The molecule has 0 aliphatic carbocycles. The second-order valence-corrected chi connectivity index (χ2v) is 3.24. The van der Waals surface area contributed by atoms with Crippen LogP contribution in [-0.2, 0) is 0 Å². The topological polar surface area (TPSA) is 107 Å². The van der Waals surface area contributed by atoms with E-state index in [1.54, 1.807) is 18.2 Å². The molecular weight excluding hydrogens is 222 g/mol. The van der Waals surface area contributed by atoms with Crippen molar-refractivity contribution in [3.63, 3.8) is 0 Å². The van der Waals surface area contributed by atoms with Gasteiger partial charge < -0.3 is 11.1 Å². The molecule has 7 nitrogen and oxygen atoms in total. The molecule has 0 unspecified atom stereocenters. The van der Waals surface area contributed by atoms with Crippen LogP contribution < -0.4 is 11.1 Å². The summed E-state index contributed by atoms with van der Waals surface area (Å²) in [6.07, 6.45) is 1.50. The van der Waals surface area contributed by atoms with Crippen LogP contribution in [0, 0.1) is 10.1 Å². The molecule has 0 bridgehead atoms. The summed E-state index contributed by atoms with van der Waals surface area (Å²) in [4.78, 5) is 18.0. The Bertz CT molecular complexity index is 558. The lowest BCUT2D eigenvalue weighted by Gasteiger charge is -2.04. The van der Waals surface area contributed by atoms with Crippen LogP contribution in [0.3, 0.4) is 0 Å². The molecule has 0 amide bonds. The van der Waals surface area contributed by atoms with Gasteiger partial charge in [0.1, 0.15) is 5.82 Å². The molecule has 0 radical (unpaired) electrons. The van der Waals surface area contributed by atoms with Gasteiger partial charge in [0.15, 0.2) is 0 Å². The number of anilines is 3. The highest BCUT2D eigenvalue weighted by Crippen LogP contribution is 2.19. The highest BCUT2D eigenvalue weighted by Gasteiger charge is 2.06. The molecule has 3 N–H and O–H groups in total. The van der Waals surface area contributed by atoms with Crippen molar-refractivity contribution in [3.8, 4) is 0 Å². The maximum absolute atomic E-state index is 10.6. The minimum Gasteiger partial charge on any atom is -0.384 e. The van der Waals surface area contributed by atoms with Crippen LogP contribution in [0.25, 0.3) is 0 Å². The summed E-state index contributed by atoms with van der Waals surface area (Å²) < 4.78 is 0. The standard InChI is InChI=1S/C10H9N5O2/c11-9-4-5-12-10(14-9)13-7-2-1-3-8(6-7)15(16)17/h1-6H,(H3,11,12,13,14). The Morgan fingerprint density at radius 1 is 1.35 bits per heavy atom. The van der Waals surface area contributed by atoms with Gasteiger partial charge in [0, 0.05) is 24.0 Å². The van der Waals surface area contributed by atoms with Gasteiger partial charge in [-0.25, -0.2) is 4.98 Å². The van der Waals surface area contributed by atoms with E-state index >= 15 is 0 Å². The van der Waals surface area contributed by atoms with E-state index in [4.69, 9.17) is 5.73 Å². The molecule has 1 aromatic heterocycles. The molecule has 1 aromatic carbocycles. The molecule has 1 heterocycles. The van der Waals surface area contributed by atoms with Gasteiger partial charge in [-0.2, -0.15) is 4.98 Å². The summed E-state index contributed by atoms with van der Waals surface area (Å²) >= 11 is 0. The number of aromatic nitrogens is 2. The number of nitrogens with one attached hydrogen (secondary N) is 1. The third-order valence-corrected chi connectivity index (χ3v) is 1.99. The Morgan fingerprint density at radius 2 is 2.18 bits per heavy atom. The molecule has 0 spiro atoms. The number of hydrogen-bond donors (Lipinski definition) is 2. The number of nitro groups is 1. The van der Waals surface area contributed by atoms with Gasteiger partial charge in [0.2, 0.25) is 5.95 Å². The van der Waals surface area contributed by atoms with Gasteiger partial charge in [-0.1, -0.05) is 6.07 Å². The lowest BCUT2D eigenvalue weighted by molar-refractivity contribution is -0.384. The zero-order chi connectivity index (χ0) is 12.3. The van der Waals surface area contributed by atoms with E-state index in [0.29, 0.717) is 17.5 Å². The van der Waals surface area contributed by atoms with Crippen molar-refractivity contribution in [1.29, 1.82) is 0 Å². The van der Waals surface area contributed by atoms with Crippen LogP contribution in [0.4, 0.5) is 23.1 Å². The van der Waals surface area contributed by atoms with Crippen molar-refractivity contribution in [2.24, 2.45) is 0 Å². The van der Waals surface area contributed by atoms with E-state index in [0.717, 1.165) is 0 Å². The Morgan fingerprint density at radius 3 is 2.88 bits per heavy atom. The molecule has 86 valence electrons. The third-order valence-electron chi connectivity index (χ3n) is 1.99. The zero-order valence-corrected chi connectivity index (χ0v) is 8.70. The van der Waals surface area contributed by atoms with Gasteiger partial charge in [0.25, 0.3) is 5.69 Å². The molecule has 0 aliphatic heterocycles. The normalized spacial score (nSPS) is 9.88. The van der Waals surface area contributed by atoms with Crippen molar-refractivity contribution in [2.45, 2.75) is 0 Å². The van der Waals surface area contributed by atoms with Gasteiger partial charge in [-0.15, -0.1) is 0 Å². The van der Waals surface area contributed by atoms with Gasteiger partial charge in [0.05, 0.1) is 4.92 Å². The fourth-order valence-corrected chi connectivity index (χ4v) is 1.26. The first-order chi connectivity index (χ1) is 8.15. The summed E-state index contributed by atoms with van der Waals surface area (Å²) in [7, 11) is 0. The largest absolute Gasteiger partial charge is 0.384 e. The van der Waals surface area contributed by atoms with Crippen LogP contribution in [0.1, 0.15) is 0 Å². The lowest BCUT2D eigenvalue weighted by Crippen LogP contribution is -1.99. The minimum absolute atomic E-state index is 0.00102. The van der Waals surface area contributed by atoms with E-state index in [1.165, 1.54) is 18.3 Å². The third kappa shape index (κ3) is 2.65. The summed E-state index contributed by atoms with van der Waals surface area (Å²) in [6, 6.07) is 7.61. The highest BCUT2D eigenvalue weighted by molar-refractivity contribution is 5.58. The van der Waals surface area contributed by atoms with E-state index < -0.39 is 4.92 Å². The van der Waals surface area contributed by atoms with Gasteiger partial charge >= 0.3 is 0 Å². The number of nitrogens with zero attached hydrogens (tertiary/aromatic N) is 3. The van der Waals surface area contributed by atoms with E-state index in [9.17, 15) is 10.1 Å². The number of hydrogen-bond acceptors (Lipinski definition) is 6. The molecule has 17 heavy (non-hydrogen) atoms. The van der Waals surface area contributed by atoms with Crippen LogP contribution in [-0.4, -0.2) is 14.9 Å². The van der Waals surface area contributed by atoms with E-state index in [2.05, 4.69) is 15.3 Å². The Hall–Kier alpha value is -2.70.